The van der Waals surface area contributed by atoms with E-state index in [1.165, 1.54) is 25.6 Å². The number of benzene rings is 2. The lowest BCUT2D eigenvalue weighted by Gasteiger charge is -2.09. The van der Waals surface area contributed by atoms with Gasteiger partial charge in [-0.05, 0) is 48.4 Å². The van der Waals surface area contributed by atoms with Gasteiger partial charge >= 0.3 is 5.97 Å². The second-order valence-electron chi connectivity index (χ2n) is 6.37. The number of thiophene rings is 1. The molecule has 6 nitrogen and oxygen atoms in total. The predicted octanol–water partition coefficient (Wildman–Crippen LogP) is 4.79. The van der Waals surface area contributed by atoms with Crippen molar-refractivity contribution < 1.29 is 28.5 Å². The lowest BCUT2D eigenvalue weighted by molar-refractivity contribution is 0.0479. The highest BCUT2D eigenvalue weighted by atomic mass is 32.1. The van der Waals surface area contributed by atoms with Gasteiger partial charge in [-0.15, -0.1) is 11.3 Å². The molecule has 0 aliphatic heterocycles. The van der Waals surface area contributed by atoms with Gasteiger partial charge in [0.2, 0.25) is 5.78 Å². The van der Waals surface area contributed by atoms with Crippen LogP contribution in [-0.4, -0.2) is 39.7 Å². The van der Waals surface area contributed by atoms with Crippen LogP contribution in [0.2, 0.25) is 0 Å². The molecule has 0 radical (unpaired) electrons. The maximum atomic E-state index is 12.5. The van der Waals surface area contributed by atoms with Gasteiger partial charge in [0.1, 0.15) is 22.1 Å². The topological polar surface area (TPSA) is 71.1 Å². The van der Waals surface area contributed by atoms with Crippen molar-refractivity contribution in [1.82, 2.24) is 0 Å². The number of carbonyl (C=O) groups excluding carboxylic acids is 2. The third-order valence-electron chi connectivity index (χ3n) is 4.56. The Balaban J connectivity index is 1.70. The van der Waals surface area contributed by atoms with Crippen LogP contribution in [0.15, 0.2) is 48.5 Å². The Labute approximate surface area is 179 Å². The van der Waals surface area contributed by atoms with E-state index in [9.17, 15) is 9.59 Å². The van der Waals surface area contributed by atoms with Crippen LogP contribution in [0, 0.1) is 6.92 Å². The summed E-state index contributed by atoms with van der Waals surface area (Å²) >= 11 is 1.33. The van der Waals surface area contributed by atoms with E-state index >= 15 is 0 Å². The highest BCUT2D eigenvalue weighted by Crippen LogP contribution is 2.32. The van der Waals surface area contributed by atoms with Gasteiger partial charge in [-0.2, -0.15) is 0 Å². The number of ether oxygens (including phenoxy) is 4. The molecule has 0 aliphatic rings. The van der Waals surface area contributed by atoms with Gasteiger partial charge in [-0.25, -0.2) is 4.79 Å². The summed E-state index contributed by atoms with van der Waals surface area (Å²) in [6.45, 7) is 1.56. The normalized spacial score (nSPS) is 10.4. The van der Waals surface area contributed by atoms with Gasteiger partial charge in [0.15, 0.2) is 6.61 Å². The number of hydrogen-bond donors (Lipinski definition) is 0. The maximum Gasteiger partial charge on any atom is 0.348 e. The molecule has 0 N–H and O–H groups in total. The molecule has 156 valence electrons. The van der Waals surface area contributed by atoms with Crippen molar-refractivity contribution >= 4 is 23.1 Å². The Hall–Kier alpha value is -3.32. The molecule has 0 spiro atoms. The number of carbonyl (C=O) groups is 2. The predicted molar refractivity (Wildman–Crippen MR) is 115 cm³/mol. The average molecular weight is 426 g/mol. The van der Waals surface area contributed by atoms with Gasteiger partial charge in [0.05, 0.1) is 26.9 Å². The number of esters is 1. The van der Waals surface area contributed by atoms with Gasteiger partial charge in [0.25, 0.3) is 0 Å². The van der Waals surface area contributed by atoms with Crippen LogP contribution < -0.4 is 14.2 Å². The van der Waals surface area contributed by atoms with E-state index < -0.39 is 5.97 Å². The lowest BCUT2D eigenvalue weighted by atomic mass is 10.1. The lowest BCUT2D eigenvalue weighted by Crippen LogP contribution is -2.14. The third-order valence-corrected chi connectivity index (χ3v) is 5.59. The Morgan fingerprint density at radius 1 is 0.867 bits per heavy atom. The number of hydrogen-bond acceptors (Lipinski definition) is 7. The van der Waals surface area contributed by atoms with Crippen LogP contribution in [0.25, 0.3) is 11.1 Å². The third kappa shape index (κ3) is 4.63. The number of ketones is 1. The van der Waals surface area contributed by atoms with Crippen molar-refractivity contribution in [3.63, 3.8) is 0 Å². The van der Waals surface area contributed by atoms with Gasteiger partial charge in [0, 0.05) is 10.9 Å². The second-order valence-corrected chi connectivity index (χ2v) is 7.63. The van der Waals surface area contributed by atoms with E-state index in [1.54, 1.807) is 31.4 Å². The van der Waals surface area contributed by atoms with Crippen molar-refractivity contribution in [2.24, 2.45) is 0 Å². The van der Waals surface area contributed by atoms with Crippen molar-refractivity contribution in [2.45, 2.75) is 6.92 Å². The van der Waals surface area contributed by atoms with Crippen LogP contribution in [0.5, 0.6) is 17.2 Å². The quantitative estimate of drug-likeness (QED) is 0.381. The first-order valence-electron chi connectivity index (χ1n) is 9.14. The van der Waals surface area contributed by atoms with Crippen molar-refractivity contribution in [1.29, 1.82) is 0 Å². The van der Waals surface area contributed by atoms with Crippen LogP contribution >= 0.6 is 11.3 Å². The van der Waals surface area contributed by atoms with E-state index in [-0.39, 0.29) is 12.4 Å². The molecule has 0 amide bonds. The van der Waals surface area contributed by atoms with E-state index in [0.29, 0.717) is 21.9 Å². The first kappa shape index (κ1) is 21.4. The summed E-state index contributed by atoms with van der Waals surface area (Å²) in [7, 11) is 4.61. The van der Waals surface area contributed by atoms with Gasteiger partial charge in [-0.1, -0.05) is 12.1 Å². The molecule has 0 unspecified atom stereocenters. The highest BCUT2D eigenvalue weighted by Gasteiger charge is 2.19. The Morgan fingerprint density at radius 3 is 2.17 bits per heavy atom. The number of Topliss-reactive ketones (excluding diaryl/α,β-unsaturated/α-hetero) is 1. The maximum absolute atomic E-state index is 12.5. The van der Waals surface area contributed by atoms with Crippen molar-refractivity contribution in [2.75, 3.05) is 27.9 Å². The molecule has 3 aromatic rings. The fraction of sp³-hybridized carbons (Fsp3) is 0.217. The summed E-state index contributed by atoms with van der Waals surface area (Å²) in [6.07, 6.45) is 0. The number of rotatable bonds is 8. The molecule has 0 atom stereocenters. The summed E-state index contributed by atoms with van der Waals surface area (Å²) in [5.74, 6) is 0.804. The van der Waals surface area contributed by atoms with E-state index in [0.717, 1.165) is 21.8 Å². The van der Waals surface area contributed by atoms with E-state index in [2.05, 4.69) is 0 Å². The summed E-state index contributed by atoms with van der Waals surface area (Å²) in [5.41, 5.74) is 2.24. The summed E-state index contributed by atoms with van der Waals surface area (Å²) < 4.78 is 20.8. The van der Waals surface area contributed by atoms with Crippen LogP contribution in [0.4, 0.5) is 0 Å². The zero-order valence-corrected chi connectivity index (χ0v) is 18.0. The van der Waals surface area contributed by atoms with Crippen LogP contribution in [0.3, 0.4) is 0 Å². The molecule has 0 saturated heterocycles. The minimum Gasteiger partial charge on any atom is -0.497 e. The zero-order chi connectivity index (χ0) is 21.7. The largest absolute Gasteiger partial charge is 0.497 e. The first-order chi connectivity index (χ1) is 14.5. The van der Waals surface area contributed by atoms with Crippen LogP contribution in [0.1, 0.15) is 24.9 Å². The highest BCUT2D eigenvalue weighted by molar-refractivity contribution is 7.14. The Kier molecular flexibility index (Phi) is 6.74. The van der Waals surface area contributed by atoms with Crippen LogP contribution in [-0.2, 0) is 4.74 Å². The fourth-order valence-corrected chi connectivity index (χ4v) is 3.88. The smallest absolute Gasteiger partial charge is 0.348 e. The molecular formula is C23H22O6S. The Bertz CT molecular complexity index is 1050. The van der Waals surface area contributed by atoms with E-state index in [4.69, 9.17) is 18.9 Å². The average Bonchev–Trinajstić information content (AvgIpc) is 3.18. The molecule has 1 heterocycles. The Morgan fingerprint density at radius 2 is 1.53 bits per heavy atom. The molecule has 0 bridgehead atoms. The van der Waals surface area contributed by atoms with Gasteiger partial charge < -0.3 is 18.9 Å². The second kappa shape index (κ2) is 9.45. The molecule has 0 fully saturated rings. The number of methoxy groups -OCH3 is 3. The molecule has 30 heavy (non-hydrogen) atoms. The fourth-order valence-electron chi connectivity index (χ4n) is 2.95. The molecule has 1 aromatic heterocycles. The first-order valence-corrected chi connectivity index (χ1v) is 9.95. The van der Waals surface area contributed by atoms with Crippen molar-refractivity contribution in [3.05, 3.63) is 63.8 Å². The summed E-state index contributed by atoms with van der Waals surface area (Å²) in [6, 6.07) is 14.2. The number of aryl methyl sites for hydroxylation is 1. The monoisotopic (exact) mass is 426 g/mol. The summed E-state index contributed by atoms with van der Waals surface area (Å²) in [5, 5.41) is 0. The minimum absolute atomic E-state index is 0.326. The zero-order valence-electron chi connectivity index (χ0n) is 17.2. The van der Waals surface area contributed by atoms with Gasteiger partial charge in [-0.3, -0.25) is 4.79 Å². The summed E-state index contributed by atoms with van der Waals surface area (Å²) in [4.78, 5) is 26.4. The standard InChI is InChI=1S/C23H22O6S/c1-14-19(15-5-7-16(26-2)8-6-15)12-22(30-14)23(25)29-13-20(24)18-10-9-17(27-3)11-21(18)28-4/h5-12H,13H2,1-4H3. The van der Waals surface area contributed by atoms with Crippen molar-refractivity contribution in [3.8, 4) is 28.4 Å². The molecule has 0 saturated carbocycles. The minimum atomic E-state index is -0.538. The SMILES string of the molecule is COc1ccc(-c2cc(C(=O)OCC(=O)c3ccc(OC)cc3OC)sc2C)cc1. The molecule has 3 rings (SSSR count). The van der Waals surface area contributed by atoms with E-state index in [1.807, 2.05) is 31.2 Å². The molecular weight excluding hydrogens is 404 g/mol. The molecule has 2 aromatic carbocycles. The molecule has 7 heteroatoms. The molecule has 0 aliphatic carbocycles.